The largest absolute Gasteiger partial charge is 0.238 e. The zero-order chi connectivity index (χ0) is 9.19. The average molecular weight is 182 g/mol. The van der Waals surface area contributed by atoms with Gasteiger partial charge in [0.15, 0.2) is 5.69 Å². The van der Waals surface area contributed by atoms with Crippen molar-refractivity contribution >= 4 is 15.7 Å². The molecule has 0 aromatic heterocycles. The summed E-state index contributed by atoms with van der Waals surface area (Å²) in [6.45, 7) is 6.63. The van der Waals surface area contributed by atoms with Crippen molar-refractivity contribution < 1.29 is 8.42 Å². The van der Waals surface area contributed by atoms with Crippen LogP contribution in [0, 0.1) is 6.57 Å². The molecular weight excluding hydrogens is 176 g/mol. The molecule has 1 aromatic carbocycles. The first-order valence-electron chi connectivity index (χ1n) is 3.04. The molecule has 0 saturated heterocycles. The van der Waals surface area contributed by atoms with E-state index in [1.54, 1.807) is 0 Å². The quantitative estimate of drug-likeness (QED) is 0.655. The van der Waals surface area contributed by atoms with Gasteiger partial charge in [0.1, 0.15) is 0 Å². The van der Waals surface area contributed by atoms with Crippen LogP contribution in [0.4, 0.5) is 5.69 Å². The Morgan fingerprint density at radius 1 is 1.42 bits per heavy atom. The molecule has 2 N–H and O–H groups in total. The molecule has 0 heterocycles. The second-order valence-corrected chi connectivity index (χ2v) is 3.72. The third kappa shape index (κ3) is 1.81. The van der Waals surface area contributed by atoms with Gasteiger partial charge in [-0.1, -0.05) is 12.1 Å². The molecule has 0 fully saturated rings. The van der Waals surface area contributed by atoms with Gasteiger partial charge in [0, 0.05) is 0 Å². The number of rotatable bonds is 1. The Bertz CT molecular complexity index is 431. The van der Waals surface area contributed by atoms with Crippen LogP contribution in [0.2, 0.25) is 0 Å². The molecule has 0 atom stereocenters. The summed E-state index contributed by atoms with van der Waals surface area (Å²) in [5.74, 6) is 0. The second-order valence-electron chi connectivity index (χ2n) is 2.15. The first-order valence-corrected chi connectivity index (χ1v) is 4.59. The van der Waals surface area contributed by atoms with Crippen LogP contribution in [0.25, 0.3) is 4.85 Å². The van der Waals surface area contributed by atoms with Gasteiger partial charge in [0.2, 0.25) is 10.0 Å². The van der Waals surface area contributed by atoms with Gasteiger partial charge < -0.3 is 0 Å². The summed E-state index contributed by atoms with van der Waals surface area (Å²) in [7, 11) is -3.68. The minimum Gasteiger partial charge on any atom is -0.238 e. The Kier molecular flexibility index (Phi) is 2.13. The average Bonchev–Trinajstić information content (AvgIpc) is 2.03. The van der Waals surface area contributed by atoms with Crippen LogP contribution in [-0.2, 0) is 10.0 Å². The van der Waals surface area contributed by atoms with E-state index in [1.807, 2.05) is 0 Å². The topological polar surface area (TPSA) is 64.5 Å². The highest BCUT2D eigenvalue weighted by Crippen LogP contribution is 2.16. The molecule has 0 spiro atoms. The molecule has 0 amide bonds. The summed E-state index contributed by atoms with van der Waals surface area (Å²) in [5.41, 5.74) is 0.265. The Morgan fingerprint density at radius 3 is 2.58 bits per heavy atom. The lowest BCUT2D eigenvalue weighted by atomic mass is 10.3. The molecule has 1 rings (SSSR count). The molecule has 0 bridgehead atoms. The van der Waals surface area contributed by atoms with Gasteiger partial charge in [-0.05, 0) is 12.1 Å². The van der Waals surface area contributed by atoms with Crippen LogP contribution in [0.15, 0.2) is 29.2 Å². The van der Waals surface area contributed by atoms with Crippen molar-refractivity contribution in [1.82, 2.24) is 0 Å². The fourth-order valence-electron chi connectivity index (χ4n) is 0.730. The van der Waals surface area contributed by atoms with E-state index >= 15 is 0 Å². The number of hydrogen-bond donors (Lipinski definition) is 1. The highest BCUT2D eigenvalue weighted by Gasteiger charge is 2.06. The minimum absolute atomic E-state index is 0.0315. The van der Waals surface area contributed by atoms with Crippen molar-refractivity contribution in [1.29, 1.82) is 0 Å². The second kappa shape index (κ2) is 2.93. The molecule has 5 heteroatoms. The standard InChI is InChI=1S/C7H6N2O2S/c1-9-6-3-2-4-7(5-6)12(8,10)11/h2-5H,(H2,8,10,11). The van der Waals surface area contributed by atoms with Gasteiger partial charge in [-0.3, -0.25) is 0 Å². The van der Waals surface area contributed by atoms with Crippen LogP contribution < -0.4 is 5.14 Å². The highest BCUT2D eigenvalue weighted by molar-refractivity contribution is 7.89. The Hall–Kier alpha value is -1.38. The van der Waals surface area contributed by atoms with E-state index in [-0.39, 0.29) is 10.6 Å². The first-order chi connectivity index (χ1) is 5.54. The Labute approximate surface area is 70.5 Å². The van der Waals surface area contributed by atoms with Gasteiger partial charge in [0.05, 0.1) is 11.5 Å². The van der Waals surface area contributed by atoms with Crippen LogP contribution in [0.5, 0.6) is 0 Å². The highest BCUT2D eigenvalue weighted by atomic mass is 32.2. The lowest BCUT2D eigenvalue weighted by molar-refractivity contribution is 0.598. The number of benzene rings is 1. The van der Waals surface area contributed by atoms with Crippen molar-refractivity contribution in [2.24, 2.45) is 5.14 Å². The van der Waals surface area contributed by atoms with E-state index < -0.39 is 10.0 Å². The number of sulfonamides is 1. The van der Waals surface area contributed by atoms with Gasteiger partial charge >= 0.3 is 0 Å². The summed E-state index contributed by atoms with van der Waals surface area (Å²) in [6, 6.07) is 5.58. The molecule has 1 aromatic rings. The maximum Gasteiger partial charge on any atom is 0.236 e. The van der Waals surface area contributed by atoms with E-state index in [2.05, 4.69) is 4.85 Å². The predicted molar refractivity (Wildman–Crippen MR) is 44.1 cm³/mol. The third-order valence-electron chi connectivity index (χ3n) is 1.28. The number of hydrogen-bond acceptors (Lipinski definition) is 2. The van der Waals surface area contributed by atoms with Crippen LogP contribution in [-0.4, -0.2) is 8.42 Å². The van der Waals surface area contributed by atoms with Gasteiger partial charge in [0.25, 0.3) is 0 Å². The lowest BCUT2D eigenvalue weighted by Crippen LogP contribution is -2.11. The van der Waals surface area contributed by atoms with Crippen molar-refractivity contribution in [2.45, 2.75) is 4.90 Å². The normalized spacial score (nSPS) is 10.7. The molecule has 0 aliphatic rings. The van der Waals surface area contributed by atoms with E-state index in [0.717, 1.165) is 0 Å². The van der Waals surface area contributed by atoms with Crippen molar-refractivity contribution in [3.05, 3.63) is 35.7 Å². The number of primary sulfonamides is 1. The lowest BCUT2D eigenvalue weighted by Gasteiger charge is -1.96. The van der Waals surface area contributed by atoms with Gasteiger partial charge in [-0.2, -0.15) is 0 Å². The SMILES string of the molecule is [C-]#[N+]c1cccc(S(N)(=O)=O)c1. The third-order valence-corrected chi connectivity index (χ3v) is 2.19. The maximum atomic E-state index is 10.8. The van der Waals surface area contributed by atoms with E-state index in [9.17, 15) is 8.42 Å². The van der Waals surface area contributed by atoms with Gasteiger partial charge in [-0.15, -0.1) is 0 Å². The zero-order valence-electron chi connectivity index (χ0n) is 6.06. The molecule has 12 heavy (non-hydrogen) atoms. The van der Waals surface area contributed by atoms with Crippen molar-refractivity contribution in [3.63, 3.8) is 0 Å². The van der Waals surface area contributed by atoms with E-state index in [4.69, 9.17) is 11.7 Å². The molecule has 0 saturated carbocycles. The number of nitrogens with zero attached hydrogens (tertiary/aromatic N) is 1. The Balaban J connectivity index is 3.32. The molecule has 0 unspecified atom stereocenters. The van der Waals surface area contributed by atoms with E-state index in [1.165, 1.54) is 24.3 Å². The van der Waals surface area contributed by atoms with Crippen LogP contribution in [0.1, 0.15) is 0 Å². The fraction of sp³-hybridized carbons (Fsp3) is 0. The van der Waals surface area contributed by atoms with Crippen LogP contribution in [0.3, 0.4) is 0 Å². The summed E-state index contributed by atoms with van der Waals surface area (Å²) < 4.78 is 21.6. The molecule has 62 valence electrons. The molecular formula is C7H6N2O2S. The zero-order valence-corrected chi connectivity index (χ0v) is 6.88. The van der Waals surface area contributed by atoms with Gasteiger partial charge in [-0.25, -0.2) is 18.4 Å². The molecule has 4 nitrogen and oxygen atoms in total. The molecule has 0 aliphatic heterocycles. The predicted octanol–water partition coefficient (Wildman–Crippen LogP) is 0.885. The summed E-state index contributed by atoms with van der Waals surface area (Å²) >= 11 is 0. The summed E-state index contributed by atoms with van der Waals surface area (Å²) in [4.78, 5) is 3.04. The minimum atomic E-state index is -3.68. The Morgan fingerprint density at radius 2 is 2.08 bits per heavy atom. The fourth-order valence-corrected chi connectivity index (χ4v) is 1.28. The number of nitrogens with two attached hydrogens (primary N) is 1. The molecule has 0 radical (unpaired) electrons. The molecule has 0 aliphatic carbocycles. The van der Waals surface area contributed by atoms with E-state index in [0.29, 0.717) is 0 Å². The smallest absolute Gasteiger partial charge is 0.236 e. The monoisotopic (exact) mass is 182 g/mol. The van der Waals surface area contributed by atoms with Crippen LogP contribution >= 0.6 is 0 Å². The first kappa shape index (κ1) is 8.71. The summed E-state index contributed by atoms with van der Waals surface area (Å²) in [6.07, 6.45) is 0. The van der Waals surface area contributed by atoms with Crippen molar-refractivity contribution in [2.75, 3.05) is 0 Å². The maximum absolute atomic E-state index is 10.8. The summed E-state index contributed by atoms with van der Waals surface area (Å²) in [5, 5.41) is 4.85. The van der Waals surface area contributed by atoms with Crippen molar-refractivity contribution in [3.8, 4) is 0 Å².